The number of carbonyl (C=O) groups is 1. The number of amides is 1. The Kier molecular flexibility index (Phi) is 3.42. The quantitative estimate of drug-likeness (QED) is 0.875. The third-order valence-electron chi connectivity index (χ3n) is 4.46. The van der Waals surface area contributed by atoms with E-state index in [1.54, 1.807) is 4.90 Å². The standard InChI is InChI=1S/C15H20N2O2/c18-15(19)17-9-12-6-14(7-13(12)10-17)16-8-11-4-2-1-3-5-11/h1-5,12-14,16H,6-10H2,(H,18,19)/t12-,13+,14+. The van der Waals surface area contributed by atoms with Gasteiger partial charge in [0, 0.05) is 25.7 Å². The van der Waals surface area contributed by atoms with E-state index in [4.69, 9.17) is 5.11 Å². The van der Waals surface area contributed by atoms with Crippen LogP contribution in [-0.2, 0) is 6.54 Å². The molecule has 4 nitrogen and oxygen atoms in total. The average molecular weight is 260 g/mol. The maximum absolute atomic E-state index is 10.9. The van der Waals surface area contributed by atoms with Crippen LogP contribution in [0.5, 0.6) is 0 Å². The van der Waals surface area contributed by atoms with Crippen molar-refractivity contribution >= 4 is 6.09 Å². The molecule has 1 heterocycles. The Morgan fingerprint density at radius 3 is 2.42 bits per heavy atom. The Bertz CT molecular complexity index is 435. The number of hydrogen-bond acceptors (Lipinski definition) is 2. The molecule has 1 saturated carbocycles. The van der Waals surface area contributed by atoms with E-state index >= 15 is 0 Å². The summed E-state index contributed by atoms with van der Waals surface area (Å²) in [6.07, 6.45) is 1.46. The second-order valence-electron chi connectivity index (χ2n) is 5.74. The number of rotatable bonds is 3. The van der Waals surface area contributed by atoms with Crippen molar-refractivity contribution in [3.63, 3.8) is 0 Å². The van der Waals surface area contributed by atoms with Gasteiger partial charge in [-0.25, -0.2) is 4.79 Å². The Morgan fingerprint density at radius 2 is 1.84 bits per heavy atom. The number of benzene rings is 1. The van der Waals surface area contributed by atoms with Crippen LogP contribution in [0.1, 0.15) is 18.4 Å². The molecule has 2 fully saturated rings. The number of fused-ring (bicyclic) bond motifs is 1. The second kappa shape index (κ2) is 5.21. The van der Waals surface area contributed by atoms with Crippen molar-refractivity contribution < 1.29 is 9.90 Å². The van der Waals surface area contributed by atoms with Crippen LogP contribution < -0.4 is 5.32 Å². The molecular formula is C15H20N2O2. The molecule has 1 aliphatic carbocycles. The van der Waals surface area contributed by atoms with E-state index in [0.717, 1.165) is 32.5 Å². The molecule has 1 aliphatic heterocycles. The Balaban J connectivity index is 1.48. The van der Waals surface area contributed by atoms with E-state index in [1.807, 2.05) is 6.07 Å². The number of likely N-dealkylation sites (tertiary alicyclic amines) is 1. The first-order valence-corrected chi connectivity index (χ1v) is 6.97. The zero-order valence-corrected chi connectivity index (χ0v) is 11.0. The Labute approximate surface area is 113 Å². The molecule has 2 aliphatic rings. The minimum atomic E-state index is -0.761. The zero-order valence-electron chi connectivity index (χ0n) is 11.0. The largest absolute Gasteiger partial charge is 0.465 e. The van der Waals surface area contributed by atoms with Crippen molar-refractivity contribution in [2.24, 2.45) is 11.8 Å². The summed E-state index contributed by atoms with van der Waals surface area (Å²) in [7, 11) is 0. The van der Waals surface area contributed by atoms with Crippen molar-refractivity contribution in [2.75, 3.05) is 13.1 Å². The van der Waals surface area contributed by atoms with Gasteiger partial charge in [-0.15, -0.1) is 0 Å². The third kappa shape index (κ3) is 2.73. The van der Waals surface area contributed by atoms with Gasteiger partial charge < -0.3 is 15.3 Å². The minimum absolute atomic E-state index is 0.547. The third-order valence-corrected chi connectivity index (χ3v) is 4.46. The van der Waals surface area contributed by atoms with Gasteiger partial charge in [-0.2, -0.15) is 0 Å². The Morgan fingerprint density at radius 1 is 1.21 bits per heavy atom. The molecule has 0 spiro atoms. The van der Waals surface area contributed by atoms with Crippen LogP contribution in [0.3, 0.4) is 0 Å². The number of carboxylic acid groups (broad SMARTS) is 1. The van der Waals surface area contributed by atoms with Crippen molar-refractivity contribution in [3.8, 4) is 0 Å². The first-order chi connectivity index (χ1) is 9.22. The second-order valence-corrected chi connectivity index (χ2v) is 5.74. The van der Waals surface area contributed by atoms with Gasteiger partial charge >= 0.3 is 6.09 Å². The van der Waals surface area contributed by atoms with Crippen LogP contribution >= 0.6 is 0 Å². The summed E-state index contributed by atoms with van der Waals surface area (Å²) in [6, 6.07) is 11.0. The molecule has 4 heteroatoms. The molecule has 0 radical (unpaired) electrons. The molecule has 0 bridgehead atoms. The highest BCUT2D eigenvalue weighted by Gasteiger charge is 2.42. The predicted molar refractivity (Wildman–Crippen MR) is 72.9 cm³/mol. The van der Waals surface area contributed by atoms with E-state index in [-0.39, 0.29) is 0 Å². The van der Waals surface area contributed by atoms with Crippen LogP contribution in [0.25, 0.3) is 0 Å². The molecular weight excluding hydrogens is 240 g/mol. The molecule has 0 unspecified atom stereocenters. The molecule has 19 heavy (non-hydrogen) atoms. The summed E-state index contributed by atoms with van der Waals surface area (Å²) in [5.74, 6) is 1.12. The predicted octanol–water partition coefficient (Wildman–Crippen LogP) is 2.16. The fourth-order valence-electron chi connectivity index (χ4n) is 3.48. The van der Waals surface area contributed by atoms with E-state index in [1.165, 1.54) is 5.56 Å². The lowest BCUT2D eigenvalue weighted by atomic mass is 10.0. The van der Waals surface area contributed by atoms with Crippen LogP contribution in [-0.4, -0.2) is 35.2 Å². The number of hydrogen-bond donors (Lipinski definition) is 2. The van der Waals surface area contributed by atoms with Gasteiger partial charge in [-0.3, -0.25) is 0 Å². The highest BCUT2D eigenvalue weighted by atomic mass is 16.4. The molecule has 1 amide bonds. The van der Waals surface area contributed by atoms with Gasteiger partial charge in [0.15, 0.2) is 0 Å². The molecule has 3 rings (SSSR count). The highest BCUT2D eigenvalue weighted by molar-refractivity contribution is 5.65. The minimum Gasteiger partial charge on any atom is -0.465 e. The van der Waals surface area contributed by atoms with Gasteiger partial charge in [-0.05, 0) is 30.2 Å². The van der Waals surface area contributed by atoms with Crippen molar-refractivity contribution in [3.05, 3.63) is 35.9 Å². The van der Waals surface area contributed by atoms with Crippen molar-refractivity contribution in [2.45, 2.75) is 25.4 Å². The molecule has 3 atom stereocenters. The summed E-state index contributed by atoms with van der Waals surface area (Å²) in [5.41, 5.74) is 1.31. The van der Waals surface area contributed by atoms with Crippen LogP contribution in [0, 0.1) is 11.8 Å². The number of nitrogens with one attached hydrogen (secondary N) is 1. The summed E-state index contributed by atoms with van der Waals surface area (Å²) in [4.78, 5) is 12.5. The molecule has 2 N–H and O–H groups in total. The van der Waals surface area contributed by atoms with Gasteiger partial charge in [0.25, 0.3) is 0 Å². The summed E-state index contributed by atoms with van der Waals surface area (Å²) in [6.45, 7) is 2.36. The lowest BCUT2D eigenvalue weighted by Crippen LogP contribution is -2.31. The summed E-state index contributed by atoms with van der Waals surface area (Å²) in [5, 5.41) is 12.6. The van der Waals surface area contributed by atoms with Crippen LogP contribution in [0.4, 0.5) is 4.79 Å². The first kappa shape index (κ1) is 12.5. The highest BCUT2D eigenvalue weighted by Crippen LogP contribution is 2.38. The molecule has 1 aromatic carbocycles. The summed E-state index contributed by atoms with van der Waals surface area (Å²) < 4.78 is 0. The van der Waals surface area contributed by atoms with Gasteiger partial charge in [0.2, 0.25) is 0 Å². The maximum Gasteiger partial charge on any atom is 0.407 e. The topological polar surface area (TPSA) is 52.6 Å². The van der Waals surface area contributed by atoms with Crippen molar-refractivity contribution in [1.29, 1.82) is 0 Å². The van der Waals surface area contributed by atoms with E-state index in [0.29, 0.717) is 17.9 Å². The fourth-order valence-corrected chi connectivity index (χ4v) is 3.48. The van der Waals surface area contributed by atoms with Crippen LogP contribution in [0.2, 0.25) is 0 Å². The molecule has 0 aromatic heterocycles. The maximum atomic E-state index is 10.9. The van der Waals surface area contributed by atoms with Crippen LogP contribution in [0.15, 0.2) is 30.3 Å². The SMILES string of the molecule is O=C(O)N1C[C@H]2C[C@H](NCc3ccccc3)C[C@H]2C1. The average Bonchev–Trinajstić information content (AvgIpc) is 2.95. The molecule has 102 valence electrons. The normalized spacial score (nSPS) is 29.5. The molecule has 1 aromatic rings. The van der Waals surface area contributed by atoms with E-state index in [9.17, 15) is 4.79 Å². The lowest BCUT2D eigenvalue weighted by Gasteiger charge is -2.17. The summed E-state index contributed by atoms with van der Waals surface area (Å²) >= 11 is 0. The first-order valence-electron chi connectivity index (χ1n) is 6.97. The number of nitrogens with zero attached hydrogens (tertiary/aromatic N) is 1. The smallest absolute Gasteiger partial charge is 0.407 e. The zero-order chi connectivity index (χ0) is 13.2. The lowest BCUT2D eigenvalue weighted by molar-refractivity contribution is 0.151. The molecule has 1 saturated heterocycles. The van der Waals surface area contributed by atoms with E-state index < -0.39 is 6.09 Å². The van der Waals surface area contributed by atoms with Gasteiger partial charge in [0.1, 0.15) is 0 Å². The Hall–Kier alpha value is -1.55. The monoisotopic (exact) mass is 260 g/mol. The van der Waals surface area contributed by atoms with E-state index in [2.05, 4.69) is 29.6 Å². The van der Waals surface area contributed by atoms with Gasteiger partial charge in [-0.1, -0.05) is 30.3 Å². The van der Waals surface area contributed by atoms with Gasteiger partial charge in [0.05, 0.1) is 0 Å². The fraction of sp³-hybridized carbons (Fsp3) is 0.533. The van der Waals surface area contributed by atoms with Crippen molar-refractivity contribution in [1.82, 2.24) is 10.2 Å².